The van der Waals surface area contributed by atoms with Gasteiger partial charge in [0.25, 0.3) is 0 Å². The van der Waals surface area contributed by atoms with E-state index in [0.717, 1.165) is 11.3 Å². The van der Waals surface area contributed by atoms with E-state index in [2.05, 4.69) is 5.32 Å². The number of hydrogen-bond acceptors (Lipinski definition) is 6. The number of carbonyl (C=O) groups excluding carboxylic acids is 1. The van der Waals surface area contributed by atoms with Gasteiger partial charge in [-0.3, -0.25) is 4.79 Å². The molecule has 1 N–H and O–H groups in total. The third kappa shape index (κ3) is 6.82. The Morgan fingerprint density at radius 2 is 1.67 bits per heavy atom. The number of ether oxygens (including phenoxy) is 2. The van der Waals surface area contributed by atoms with E-state index < -0.39 is 10.0 Å². The van der Waals surface area contributed by atoms with Crippen LogP contribution in [0.3, 0.4) is 0 Å². The summed E-state index contributed by atoms with van der Waals surface area (Å²) in [6.45, 7) is 2.14. The van der Waals surface area contributed by atoms with Crippen LogP contribution in [0.2, 0.25) is 0 Å². The summed E-state index contributed by atoms with van der Waals surface area (Å²) in [5.41, 5.74) is 1.66. The average molecular weight is 480 g/mol. The van der Waals surface area contributed by atoms with Crippen molar-refractivity contribution in [1.29, 1.82) is 0 Å². The zero-order valence-corrected chi connectivity index (χ0v) is 19.7. The van der Waals surface area contributed by atoms with Crippen molar-refractivity contribution >= 4 is 21.6 Å². The summed E-state index contributed by atoms with van der Waals surface area (Å²) in [6, 6.07) is 11.5. The molecule has 1 aliphatic heterocycles. The lowest BCUT2D eigenvalue weighted by Gasteiger charge is -2.35. The van der Waals surface area contributed by atoms with Gasteiger partial charge in [0.2, 0.25) is 15.9 Å². The van der Waals surface area contributed by atoms with Gasteiger partial charge in [-0.15, -0.1) is 0 Å². The van der Waals surface area contributed by atoms with Crippen LogP contribution in [0.25, 0.3) is 0 Å². The SMILES string of the molecule is COc1ccc(CC(=O)NCCCS(=O)(=O)N2CCN(c3ccc(F)cc3)CC2)cc1OC. The van der Waals surface area contributed by atoms with Crippen LogP contribution in [0.4, 0.5) is 10.1 Å². The number of nitrogens with zero attached hydrogens (tertiary/aromatic N) is 2. The maximum Gasteiger partial charge on any atom is 0.224 e. The quantitative estimate of drug-likeness (QED) is 0.525. The molecular formula is C23H30FN3O5S. The second-order valence-electron chi connectivity index (χ2n) is 7.75. The van der Waals surface area contributed by atoms with Crippen LogP contribution in [-0.2, 0) is 21.2 Å². The van der Waals surface area contributed by atoms with Crippen LogP contribution >= 0.6 is 0 Å². The first-order valence-electron chi connectivity index (χ1n) is 10.8. The first kappa shape index (κ1) is 24.8. The fraction of sp³-hybridized carbons (Fsp3) is 0.435. The maximum absolute atomic E-state index is 13.1. The molecular weight excluding hydrogens is 449 g/mol. The molecule has 0 aromatic heterocycles. The Bertz CT molecular complexity index is 1040. The first-order valence-corrected chi connectivity index (χ1v) is 12.4. The van der Waals surface area contributed by atoms with Gasteiger partial charge in [0.05, 0.1) is 26.4 Å². The molecule has 1 aliphatic rings. The van der Waals surface area contributed by atoms with E-state index in [-0.39, 0.29) is 30.4 Å². The van der Waals surface area contributed by atoms with Crippen molar-refractivity contribution < 1.29 is 27.1 Å². The Labute approximate surface area is 194 Å². The minimum absolute atomic E-state index is 0.0276. The number of sulfonamides is 1. The van der Waals surface area contributed by atoms with Crippen molar-refractivity contribution in [3.63, 3.8) is 0 Å². The van der Waals surface area contributed by atoms with Crippen LogP contribution in [0, 0.1) is 5.82 Å². The van der Waals surface area contributed by atoms with Crippen LogP contribution in [-0.4, -0.2) is 71.3 Å². The van der Waals surface area contributed by atoms with Gasteiger partial charge in [0.1, 0.15) is 5.82 Å². The van der Waals surface area contributed by atoms with Gasteiger partial charge in [-0.25, -0.2) is 12.8 Å². The number of benzene rings is 2. The van der Waals surface area contributed by atoms with E-state index in [0.29, 0.717) is 44.1 Å². The minimum Gasteiger partial charge on any atom is -0.493 e. The molecule has 3 rings (SSSR count). The molecule has 0 bridgehead atoms. The molecule has 1 saturated heterocycles. The average Bonchev–Trinajstić information content (AvgIpc) is 2.82. The number of hydrogen-bond donors (Lipinski definition) is 1. The van der Waals surface area contributed by atoms with E-state index in [1.807, 2.05) is 4.90 Å². The van der Waals surface area contributed by atoms with Crippen molar-refractivity contribution in [3.05, 3.63) is 53.8 Å². The number of piperazine rings is 1. The summed E-state index contributed by atoms with van der Waals surface area (Å²) in [7, 11) is -0.326. The fourth-order valence-corrected chi connectivity index (χ4v) is 5.21. The van der Waals surface area contributed by atoms with Gasteiger partial charge < -0.3 is 19.7 Å². The standard InChI is InChI=1S/C23H30FN3O5S/c1-31-21-9-4-18(16-22(21)32-2)17-23(28)25-10-3-15-33(29,30)27-13-11-26(12-14-27)20-7-5-19(24)6-8-20/h4-9,16H,3,10-15,17H2,1-2H3,(H,25,28). The van der Waals surface area contributed by atoms with E-state index in [1.54, 1.807) is 37.4 Å². The molecule has 0 aliphatic carbocycles. The summed E-state index contributed by atoms with van der Waals surface area (Å²) >= 11 is 0. The van der Waals surface area contributed by atoms with Crippen molar-refractivity contribution in [2.24, 2.45) is 0 Å². The smallest absolute Gasteiger partial charge is 0.224 e. The van der Waals surface area contributed by atoms with E-state index >= 15 is 0 Å². The highest BCUT2D eigenvalue weighted by atomic mass is 32.2. The number of carbonyl (C=O) groups is 1. The second-order valence-corrected chi connectivity index (χ2v) is 9.84. The summed E-state index contributed by atoms with van der Waals surface area (Å²) < 4.78 is 50.3. The third-order valence-corrected chi connectivity index (χ3v) is 7.49. The third-order valence-electron chi connectivity index (χ3n) is 5.54. The number of rotatable bonds is 10. The Balaban J connectivity index is 1.40. The molecule has 0 unspecified atom stereocenters. The zero-order valence-electron chi connectivity index (χ0n) is 18.9. The highest BCUT2D eigenvalue weighted by Gasteiger charge is 2.26. The largest absolute Gasteiger partial charge is 0.493 e. The lowest BCUT2D eigenvalue weighted by atomic mass is 10.1. The van der Waals surface area contributed by atoms with Crippen LogP contribution in [0.15, 0.2) is 42.5 Å². The molecule has 8 nitrogen and oxygen atoms in total. The normalized spacial score (nSPS) is 14.7. The summed E-state index contributed by atoms with van der Waals surface area (Å²) in [6.07, 6.45) is 0.497. The number of amides is 1. The molecule has 180 valence electrons. The molecule has 0 atom stereocenters. The summed E-state index contributed by atoms with van der Waals surface area (Å²) in [4.78, 5) is 14.3. The number of anilines is 1. The van der Waals surface area contributed by atoms with Gasteiger partial charge in [-0.2, -0.15) is 4.31 Å². The zero-order chi connectivity index (χ0) is 23.8. The molecule has 1 fully saturated rings. The summed E-state index contributed by atoms with van der Waals surface area (Å²) in [5.74, 6) is 0.627. The molecule has 0 radical (unpaired) electrons. The van der Waals surface area contributed by atoms with Gasteiger partial charge >= 0.3 is 0 Å². The van der Waals surface area contributed by atoms with Gasteiger partial charge in [-0.1, -0.05) is 6.07 Å². The molecule has 2 aromatic rings. The molecule has 1 heterocycles. The Kier molecular flexibility index (Phi) is 8.51. The minimum atomic E-state index is -3.40. The molecule has 33 heavy (non-hydrogen) atoms. The highest BCUT2D eigenvalue weighted by Crippen LogP contribution is 2.27. The Morgan fingerprint density at radius 3 is 2.30 bits per heavy atom. The molecule has 10 heteroatoms. The molecule has 0 spiro atoms. The van der Waals surface area contributed by atoms with Gasteiger partial charge in [-0.05, 0) is 48.4 Å². The van der Waals surface area contributed by atoms with E-state index in [9.17, 15) is 17.6 Å². The monoisotopic (exact) mass is 479 g/mol. The lowest BCUT2D eigenvalue weighted by Crippen LogP contribution is -2.49. The lowest BCUT2D eigenvalue weighted by molar-refractivity contribution is -0.120. The first-order chi connectivity index (χ1) is 15.8. The fourth-order valence-electron chi connectivity index (χ4n) is 3.73. The number of halogens is 1. The van der Waals surface area contributed by atoms with E-state index in [1.165, 1.54) is 23.5 Å². The van der Waals surface area contributed by atoms with Crippen molar-refractivity contribution in [3.8, 4) is 11.5 Å². The molecule has 0 saturated carbocycles. The van der Waals surface area contributed by atoms with Crippen molar-refractivity contribution in [2.75, 3.05) is 57.6 Å². The van der Waals surface area contributed by atoms with Crippen LogP contribution in [0.1, 0.15) is 12.0 Å². The van der Waals surface area contributed by atoms with Crippen LogP contribution in [0.5, 0.6) is 11.5 Å². The summed E-state index contributed by atoms with van der Waals surface area (Å²) in [5, 5.41) is 2.77. The van der Waals surface area contributed by atoms with Crippen LogP contribution < -0.4 is 19.7 Å². The maximum atomic E-state index is 13.1. The topological polar surface area (TPSA) is 88.2 Å². The predicted octanol–water partition coefficient (Wildman–Crippen LogP) is 2.04. The Hall–Kier alpha value is -2.85. The second kappa shape index (κ2) is 11.3. The van der Waals surface area contributed by atoms with Crippen molar-refractivity contribution in [1.82, 2.24) is 9.62 Å². The Morgan fingerprint density at radius 1 is 1.00 bits per heavy atom. The van der Waals surface area contributed by atoms with E-state index in [4.69, 9.17) is 9.47 Å². The van der Waals surface area contributed by atoms with Gasteiger partial charge in [0, 0.05) is 38.4 Å². The van der Waals surface area contributed by atoms with Gasteiger partial charge in [0.15, 0.2) is 11.5 Å². The van der Waals surface area contributed by atoms with Crippen molar-refractivity contribution in [2.45, 2.75) is 12.8 Å². The predicted molar refractivity (Wildman–Crippen MR) is 125 cm³/mol. The molecule has 2 aromatic carbocycles. The number of nitrogens with one attached hydrogen (secondary N) is 1. The molecule has 1 amide bonds. The highest BCUT2D eigenvalue weighted by molar-refractivity contribution is 7.89. The number of methoxy groups -OCH3 is 2.